The lowest BCUT2D eigenvalue weighted by Crippen LogP contribution is -2.39. The van der Waals surface area contributed by atoms with Gasteiger partial charge in [-0.15, -0.1) is 0 Å². The van der Waals surface area contributed by atoms with Crippen molar-refractivity contribution >= 4 is 16.9 Å². The highest BCUT2D eigenvalue weighted by Crippen LogP contribution is 2.14. The second-order valence-corrected chi connectivity index (χ2v) is 6.53. The number of fused-ring (bicyclic) bond motifs is 1. The van der Waals surface area contributed by atoms with Crippen LogP contribution in [0.5, 0.6) is 0 Å². The Bertz CT molecular complexity index is 716. The van der Waals surface area contributed by atoms with Crippen LogP contribution >= 0.6 is 0 Å². The third kappa shape index (κ3) is 4.10. The maximum atomic E-state index is 13.2. The van der Waals surface area contributed by atoms with Crippen molar-refractivity contribution in [2.45, 2.75) is 13.0 Å². The number of hydrogen-bond donors (Lipinski definition) is 1. The first-order valence-electron chi connectivity index (χ1n) is 8.30. The summed E-state index contributed by atoms with van der Waals surface area (Å²) in [4.78, 5) is 26.1. The average molecular weight is 333 g/mol. The van der Waals surface area contributed by atoms with E-state index in [2.05, 4.69) is 26.8 Å². The number of aromatic nitrogens is 2. The molecule has 0 bridgehead atoms. The van der Waals surface area contributed by atoms with Crippen LogP contribution in [0.1, 0.15) is 12.2 Å². The minimum absolute atomic E-state index is 0.0752. The van der Waals surface area contributed by atoms with Crippen LogP contribution in [0.4, 0.5) is 4.39 Å². The van der Waals surface area contributed by atoms with E-state index in [0.717, 1.165) is 32.6 Å². The minimum atomic E-state index is -0.298. The number of carbonyl (C=O) groups excluding carboxylic acids is 1. The zero-order valence-electron chi connectivity index (χ0n) is 14.3. The van der Waals surface area contributed by atoms with E-state index < -0.39 is 0 Å². The molecule has 0 unspecified atom stereocenters. The second-order valence-electron chi connectivity index (χ2n) is 6.53. The highest BCUT2D eigenvalue weighted by atomic mass is 19.1. The Morgan fingerprint density at radius 3 is 3.00 bits per heavy atom. The molecule has 2 aromatic rings. The van der Waals surface area contributed by atoms with Crippen LogP contribution < -0.4 is 0 Å². The summed E-state index contributed by atoms with van der Waals surface area (Å²) in [6.07, 6.45) is 1.09. The topological polar surface area (TPSA) is 55.5 Å². The zero-order valence-corrected chi connectivity index (χ0v) is 14.3. The van der Waals surface area contributed by atoms with Gasteiger partial charge in [0.2, 0.25) is 5.91 Å². The zero-order chi connectivity index (χ0) is 17.1. The molecule has 1 saturated heterocycles. The number of benzene rings is 1. The van der Waals surface area contributed by atoms with Crippen molar-refractivity contribution in [3.8, 4) is 0 Å². The molecule has 1 aliphatic heterocycles. The molecule has 0 aliphatic carbocycles. The summed E-state index contributed by atoms with van der Waals surface area (Å²) < 4.78 is 13.2. The predicted molar refractivity (Wildman–Crippen MR) is 91.1 cm³/mol. The molecule has 0 saturated carbocycles. The fourth-order valence-corrected chi connectivity index (χ4v) is 2.99. The van der Waals surface area contributed by atoms with Gasteiger partial charge in [-0.2, -0.15) is 0 Å². The predicted octanol–water partition coefficient (Wildman–Crippen LogP) is 1.30. The normalized spacial score (nSPS) is 17.1. The van der Waals surface area contributed by atoms with Gasteiger partial charge in [0.1, 0.15) is 11.6 Å². The van der Waals surface area contributed by atoms with Gasteiger partial charge in [0.05, 0.1) is 24.1 Å². The molecule has 1 fully saturated rings. The van der Waals surface area contributed by atoms with Crippen molar-refractivity contribution < 1.29 is 9.18 Å². The van der Waals surface area contributed by atoms with E-state index in [0.29, 0.717) is 29.9 Å². The molecule has 3 rings (SSSR count). The van der Waals surface area contributed by atoms with E-state index in [9.17, 15) is 9.18 Å². The summed E-state index contributed by atoms with van der Waals surface area (Å²) in [7, 11) is 3.89. The Morgan fingerprint density at radius 1 is 1.33 bits per heavy atom. The highest BCUT2D eigenvalue weighted by molar-refractivity contribution is 5.78. The van der Waals surface area contributed by atoms with Crippen molar-refractivity contribution in [1.82, 2.24) is 24.7 Å². The lowest BCUT2D eigenvalue weighted by Gasteiger charge is -2.23. The minimum Gasteiger partial charge on any atom is -0.340 e. The lowest BCUT2D eigenvalue weighted by atomic mass is 10.3. The smallest absolute Gasteiger partial charge is 0.236 e. The molecule has 1 amide bonds. The van der Waals surface area contributed by atoms with Crippen molar-refractivity contribution in [2.24, 2.45) is 0 Å². The molecule has 0 atom stereocenters. The summed E-state index contributed by atoms with van der Waals surface area (Å²) >= 11 is 0. The van der Waals surface area contributed by atoms with Crippen LogP contribution in [0.3, 0.4) is 0 Å². The molecule has 0 spiro atoms. The molecule has 2 heterocycles. The number of likely N-dealkylation sites (N-methyl/N-ethyl adjacent to an activating group) is 2. The molecular formula is C17H24FN5O. The number of H-pyrrole nitrogens is 1. The fourth-order valence-electron chi connectivity index (χ4n) is 2.99. The van der Waals surface area contributed by atoms with E-state index in [1.165, 1.54) is 12.1 Å². The number of imidazole rings is 1. The Kier molecular flexibility index (Phi) is 5.11. The second kappa shape index (κ2) is 7.27. The van der Waals surface area contributed by atoms with Crippen LogP contribution in [-0.4, -0.2) is 77.4 Å². The number of halogens is 1. The van der Waals surface area contributed by atoms with E-state index >= 15 is 0 Å². The molecule has 130 valence electrons. The van der Waals surface area contributed by atoms with Gasteiger partial charge in [-0.25, -0.2) is 9.37 Å². The maximum absolute atomic E-state index is 13.2. The summed E-state index contributed by atoms with van der Waals surface area (Å²) in [6.45, 7) is 4.76. The van der Waals surface area contributed by atoms with Crippen molar-refractivity contribution in [3.05, 3.63) is 29.8 Å². The Labute approximate surface area is 141 Å². The number of aromatic amines is 1. The van der Waals surface area contributed by atoms with Crippen LogP contribution in [0.15, 0.2) is 18.2 Å². The van der Waals surface area contributed by atoms with Crippen LogP contribution in [0, 0.1) is 5.82 Å². The SMILES string of the molecule is CN1CCCN(CC(=O)N(C)Cc2nc3ccc(F)cc3[nH]2)CC1. The molecule has 24 heavy (non-hydrogen) atoms. The van der Waals surface area contributed by atoms with E-state index in [1.807, 2.05) is 0 Å². The van der Waals surface area contributed by atoms with Gasteiger partial charge in [-0.05, 0) is 44.8 Å². The lowest BCUT2D eigenvalue weighted by molar-refractivity contribution is -0.131. The van der Waals surface area contributed by atoms with Crippen LogP contribution in [0.25, 0.3) is 11.0 Å². The molecule has 6 nitrogen and oxygen atoms in total. The molecule has 1 N–H and O–H groups in total. The van der Waals surface area contributed by atoms with Crippen molar-refractivity contribution in [3.63, 3.8) is 0 Å². The molecule has 1 aliphatic rings. The van der Waals surface area contributed by atoms with Gasteiger partial charge in [-0.1, -0.05) is 0 Å². The fraction of sp³-hybridized carbons (Fsp3) is 0.529. The summed E-state index contributed by atoms with van der Waals surface area (Å²) in [6, 6.07) is 4.44. The van der Waals surface area contributed by atoms with Crippen molar-refractivity contribution in [2.75, 3.05) is 46.8 Å². The Morgan fingerprint density at radius 2 is 2.17 bits per heavy atom. The standard InChI is InChI=1S/C17H24FN5O/c1-21-6-3-7-23(9-8-21)12-17(24)22(2)11-16-19-14-5-4-13(18)10-15(14)20-16/h4-5,10H,3,6-9,11-12H2,1-2H3,(H,19,20). The van der Waals surface area contributed by atoms with Crippen LogP contribution in [0.2, 0.25) is 0 Å². The van der Waals surface area contributed by atoms with Gasteiger partial charge >= 0.3 is 0 Å². The third-order valence-electron chi connectivity index (χ3n) is 4.48. The molecular weight excluding hydrogens is 309 g/mol. The van der Waals surface area contributed by atoms with Gasteiger partial charge in [0.25, 0.3) is 0 Å². The maximum Gasteiger partial charge on any atom is 0.236 e. The summed E-state index contributed by atoms with van der Waals surface area (Å²) in [5, 5.41) is 0. The van der Waals surface area contributed by atoms with Gasteiger partial charge < -0.3 is 14.8 Å². The first-order chi connectivity index (χ1) is 11.5. The molecule has 1 aromatic carbocycles. The van der Waals surface area contributed by atoms with E-state index in [-0.39, 0.29) is 11.7 Å². The number of rotatable bonds is 4. The van der Waals surface area contributed by atoms with Gasteiger partial charge in [0.15, 0.2) is 0 Å². The largest absolute Gasteiger partial charge is 0.340 e. The highest BCUT2D eigenvalue weighted by Gasteiger charge is 2.18. The van der Waals surface area contributed by atoms with Gasteiger partial charge in [-0.3, -0.25) is 9.69 Å². The van der Waals surface area contributed by atoms with E-state index in [4.69, 9.17) is 0 Å². The first kappa shape index (κ1) is 16.9. The number of nitrogens with one attached hydrogen (secondary N) is 1. The summed E-state index contributed by atoms with van der Waals surface area (Å²) in [5.41, 5.74) is 1.37. The Hall–Kier alpha value is -1.99. The molecule has 0 radical (unpaired) electrons. The summed E-state index contributed by atoms with van der Waals surface area (Å²) in [5.74, 6) is 0.446. The molecule has 7 heteroatoms. The number of amides is 1. The molecule has 1 aromatic heterocycles. The quantitative estimate of drug-likeness (QED) is 0.916. The number of carbonyl (C=O) groups is 1. The number of nitrogens with zero attached hydrogens (tertiary/aromatic N) is 4. The van der Waals surface area contributed by atoms with Gasteiger partial charge in [0, 0.05) is 20.1 Å². The van der Waals surface area contributed by atoms with Crippen molar-refractivity contribution in [1.29, 1.82) is 0 Å². The Balaban J connectivity index is 1.58. The monoisotopic (exact) mass is 333 g/mol. The first-order valence-corrected chi connectivity index (χ1v) is 8.30. The average Bonchev–Trinajstić information content (AvgIpc) is 2.81. The van der Waals surface area contributed by atoms with Crippen LogP contribution in [-0.2, 0) is 11.3 Å². The van der Waals surface area contributed by atoms with E-state index in [1.54, 1.807) is 18.0 Å². The number of hydrogen-bond acceptors (Lipinski definition) is 4. The third-order valence-corrected chi connectivity index (χ3v) is 4.48.